The highest BCUT2D eigenvalue weighted by molar-refractivity contribution is 6.28. The van der Waals surface area contributed by atoms with Gasteiger partial charge in [0, 0.05) is 0 Å². The van der Waals surface area contributed by atoms with E-state index in [-0.39, 0.29) is 0 Å². The molecular formula is C108H78. The fourth-order valence-electron chi connectivity index (χ4n) is 17.7. The first kappa shape index (κ1) is 65.5. The van der Waals surface area contributed by atoms with Crippen molar-refractivity contribution >= 4 is 194 Å². The predicted molar refractivity (Wildman–Crippen MR) is 476 cm³/mol. The molecule has 0 amide bonds. The van der Waals surface area contributed by atoms with Gasteiger partial charge in [0.1, 0.15) is 0 Å². The Balaban J connectivity index is 0.0000000883. The average Bonchev–Trinajstić information content (AvgIpc) is 0.755. The SMILES string of the molecule is Cc1cc2cccc3ccc4cccc1c4c32.Cc1cc2cccc3ccc4cccc1c4c32.Cc1ccc2c(ccc3ccc4ccccc4c32)c1.Cc1ccc2ccc3ccc4ccccc4c3c2c1.Cc1ccc2ccc3cccc4ccc1c2c34.Cc1cccc2c1ccc1ccc3ccccc3c12. The number of hydrogen-bond acceptors (Lipinski definition) is 0. The Hall–Kier alpha value is -13.3. The zero-order chi connectivity index (χ0) is 72.7. The van der Waals surface area contributed by atoms with Crippen molar-refractivity contribution in [2.75, 3.05) is 0 Å². The standard InChI is InChI=1S/3C19H14.3C17H12/c1-13-5-4-8-18-16(13)12-11-15-10-9-14-6-2-3-7-17(14)19(15)18;1-13-6-11-18-16(12-13)10-9-15-8-7-14-4-2-3-5-17(14)19(15)18;1-13-6-7-15-9-11-16-10-8-14-4-2-3-5-17(14)19(16)18(15)12-13;2*1-11-10-14-6-2-4-12-8-9-13-5-3-7-15(11)17(13)16(12)14;1-11-5-6-14-8-7-12-3-2-4-13-9-10-15(11)17(14)16(12)13/h3*2-12H,1H3;3*2-10H,1H3. The molecule has 0 heterocycles. The van der Waals surface area contributed by atoms with Crippen LogP contribution in [0, 0.1) is 41.5 Å². The fourth-order valence-corrected chi connectivity index (χ4v) is 17.7. The van der Waals surface area contributed by atoms with Crippen LogP contribution in [-0.2, 0) is 0 Å². The largest absolute Gasteiger partial charge is 0.0616 e. The highest BCUT2D eigenvalue weighted by Crippen LogP contribution is 2.41. The van der Waals surface area contributed by atoms with E-state index in [0.717, 1.165) is 0 Å². The van der Waals surface area contributed by atoms with Crippen LogP contribution < -0.4 is 0 Å². The molecule has 0 saturated heterocycles. The van der Waals surface area contributed by atoms with Crippen LogP contribution in [0.15, 0.2) is 364 Å². The molecule has 0 aliphatic rings. The summed E-state index contributed by atoms with van der Waals surface area (Å²) in [5, 5.41) is 48.8. The van der Waals surface area contributed by atoms with Crippen molar-refractivity contribution < 1.29 is 0 Å². The normalized spacial score (nSPS) is 11.6. The molecule has 0 saturated carbocycles. The van der Waals surface area contributed by atoms with Crippen molar-refractivity contribution in [3.8, 4) is 0 Å². The van der Waals surface area contributed by atoms with Gasteiger partial charge in [-0.15, -0.1) is 0 Å². The van der Waals surface area contributed by atoms with Gasteiger partial charge in [-0.05, 0) is 258 Å². The first-order valence-electron chi connectivity index (χ1n) is 37.8. The molecular weight excluding hydrogens is 1300 g/mol. The molecule has 0 radical (unpaired) electrons. The van der Waals surface area contributed by atoms with Gasteiger partial charge < -0.3 is 0 Å². The second-order valence-corrected chi connectivity index (χ2v) is 29.7. The number of hydrogen-bond donors (Lipinski definition) is 0. The summed E-state index contributed by atoms with van der Waals surface area (Å²) in [4.78, 5) is 0. The molecule has 24 rings (SSSR count). The summed E-state index contributed by atoms with van der Waals surface area (Å²) in [5.41, 5.74) is 8.05. The van der Waals surface area contributed by atoms with E-state index in [0.29, 0.717) is 0 Å². The topological polar surface area (TPSA) is 0 Å². The van der Waals surface area contributed by atoms with Gasteiger partial charge in [0.25, 0.3) is 0 Å². The molecule has 0 nitrogen and oxygen atoms in total. The maximum Gasteiger partial charge on any atom is -0.00241 e. The molecule has 0 heteroatoms. The Kier molecular flexibility index (Phi) is 16.4. The Morgan fingerprint density at radius 3 is 0.852 bits per heavy atom. The van der Waals surface area contributed by atoms with Crippen molar-refractivity contribution in [3.05, 3.63) is 397 Å². The summed E-state index contributed by atoms with van der Waals surface area (Å²) in [5.74, 6) is 0. The minimum atomic E-state index is 1.31. The Morgan fingerprint density at radius 1 is 0.111 bits per heavy atom. The molecule has 108 heavy (non-hydrogen) atoms. The van der Waals surface area contributed by atoms with E-state index in [4.69, 9.17) is 0 Å². The van der Waals surface area contributed by atoms with Crippen LogP contribution in [0.3, 0.4) is 0 Å². The summed E-state index contributed by atoms with van der Waals surface area (Å²) >= 11 is 0. The van der Waals surface area contributed by atoms with Crippen molar-refractivity contribution in [3.63, 3.8) is 0 Å². The Morgan fingerprint density at radius 2 is 0.361 bits per heavy atom. The van der Waals surface area contributed by atoms with E-state index in [1.54, 1.807) is 0 Å². The van der Waals surface area contributed by atoms with E-state index < -0.39 is 0 Å². The van der Waals surface area contributed by atoms with Gasteiger partial charge in [-0.25, -0.2) is 0 Å². The number of fused-ring (bicyclic) bond motifs is 15. The second kappa shape index (κ2) is 27.0. The molecule has 0 fully saturated rings. The summed E-state index contributed by atoms with van der Waals surface area (Å²) in [7, 11) is 0. The average molecular weight is 1380 g/mol. The molecule has 0 unspecified atom stereocenters. The lowest BCUT2D eigenvalue weighted by atomic mass is 9.92. The van der Waals surface area contributed by atoms with Crippen LogP contribution in [0.5, 0.6) is 0 Å². The van der Waals surface area contributed by atoms with E-state index in [2.05, 4.69) is 406 Å². The maximum absolute atomic E-state index is 2.30. The van der Waals surface area contributed by atoms with E-state index in [1.807, 2.05) is 0 Å². The minimum absolute atomic E-state index is 1.31. The van der Waals surface area contributed by atoms with Gasteiger partial charge in [0.2, 0.25) is 0 Å². The maximum atomic E-state index is 2.30. The monoisotopic (exact) mass is 1370 g/mol. The summed E-state index contributed by atoms with van der Waals surface area (Å²) in [6, 6.07) is 132. The molecule has 510 valence electrons. The molecule has 0 aliphatic carbocycles. The highest BCUT2D eigenvalue weighted by atomic mass is 14.2. The lowest BCUT2D eigenvalue weighted by Crippen LogP contribution is -1.85. The van der Waals surface area contributed by atoms with Gasteiger partial charge in [0.15, 0.2) is 0 Å². The second-order valence-electron chi connectivity index (χ2n) is 29.7. The number of benzene rings is 24. The van der Waals surface area contributed by atoms with Crippen LogP contribution in [0.25, 0.3) is 194 Å². The molecule has 0 bridgehead atoms. The third kappa shape index (κ3) is 11.5. The summed E-state index contributed by atoms with van der Waals surface area (Å²) in [6.07, 6.45) is 0. The third-order valence-electron chi connectivity index (χ3n) is 22.9. The van der Waals surface area contributed by atoms with E-state index in [1.165, 1.54) is 227 Å². The summed E-state index contributed by atoms with van der Waals surface area (Å²) in [6.45, 7) is 13.1. The Bertz CT molecular complexity index is 7290. The zero-order valence-electron chi connectivity index (χ0n) is 61.6. The first-order valence-corrected chi connectivity index (χ1v) is 37.8. The van der Waals surface area contributed by atoms with E-state index >= 15 is 0 Å². The van der Waals surface area contributed by atoms with Crippen molar-refractivity contribution in [1.82, 2.24) is 0 Å². The molecule has 0 aliphatic heterocycles. The van der Waals surface area contributed by atoms with Crippen LogP contribution in [-0.4, -0.2) is 0 Å². The van der Waals surface area contributed by atoms with Gasteiger partial charge in [0.05, 0.1) is 0 Å². The van der Waals surface area contributed by atoms with E-state index in [9.17, 15) is 0 Å². The van der Waals surface area contributed by atoms with Crippen LogP contribution in [0.2, 0.25) is 0 Å². The molecule has 24 aromatic carbocycles. The van der Waals surface area contributed by atoms with Crippen LogP contribution in [0.1, 0.15) is 33.4 Å². The first-order chi connectivity index (χ1) is 53.0. The smallest absolute Gasteiger partial charge is 0.00241 e. The molecule has 0 atom stereocenters. The Labute approximate surface area is 628 Å². The quantitative estimate of drug-likeness (QED) is 0.133. The predicted octanol–water partition coefficient (Wildman–Crippen LogP) is 31.0. The van der Waals surface area contributed by atoms with Gasteiger partial charge in [-0.3, -0.25) is 0 Å². The number of aryl methyl sites for hydroxylation is 6. The highest BCUT2D eigenvalue weighted by Gasteiger charge is 2.14. The minimum Gasteiger partial charge on any atom is -0.0616 e. The third-order valence-corrected chi connectivity index (χ3v) is 22.9. The van der Waals surface area contributed by atoms with Gasteiger partial charge in [-0.2, -0.15) is 0 Å². The summed E-state index contributed by atoms with van der Waals surface area (Å²) < 4.78 is 0. The van der Waals surface area contributed by atoms with Crippen molar-refractivity contribution in [2.24, 2.45) is 0 Å². The zero-order valence-corrected chi connectivity index (χ0v) is 61.6. The lowest BCUT2D eigenvalue weighted by Gasteiger charge is -2.12. The van der Waals surface area contributed by atoms with Crippen LogP contribution in [0.4, 0.5) is 0 Å². The molecule has 0 aromatic heterocycles. The van der Waals surface area contributed by atoms with Crippen molar-refractivity contribution in [2.45, 2.75) is 41.5 Å². The number of rotatable bonds is 0. The van der Waals surface area contributed by atoms with Crippen molar-refractivity contribution in [1.29, 1.82) is 0 Å². The lowest BCUT2D eigenvalue weighted by molar-refractivity contribution is 1.51. The van der Waals surface area contributed by atoms with Gasteiger partial charge >= 0.3 is 0 Å². The van der Waals surface area contributed by atoms with Crippen LogP contribution >= 0.6 is 0 Å². The molecule has 0 N–H and O–H groups in total. The molecule has 0 spiro atoms. The molecule has 24 aromatic rings. The fraction of sp³-hybridized carbons (Fsp3) is 0.0556. The van der Waals surface area contributed by atoms with Gasteiger partial charge in [-0.1, -0.05) is 375 Å².